The lowest BCUT2D eigenvalue weighted by molar-refractivity contribution is 0.668. The maximum absolute atomic E-state index is 6.52. The third-order valence-electron chi connectivity index (χ3n) is 9.84. The molecule has 0 fully saturated rings. The Bertz CT molecular complexity index is 3140. The van der Waals surface area contributed by atoms with E-state index >= 15 is 0 Å². The van der Waals surface area contributed by atoms with Crippen molar-refractivity contribution in [1.82, 2.24) is 19.5 Å². The highest BCUT2D eigenvalue weighted by Gasteiger charge is 2.21. The zero-order valence-electron chi connectivity index (χ0n) is 27.1. The first-order valence-corrected chi connectivity index (χ1v) is 16.9. The van der Waals surface area contributed by atoms with E-state index in [0.29, 0.717) is 17.5 Å². The van der Waals surface area contributed by atoms with Gasteiger partial charge in [0.05, 0.1) is 16.4 Å². The Morgan fingerprint density at radius 1 is 0.373 bits per heavy atom. The summed E-state index contributed by atoms with van der Waals surface area (Å²) in [5, 5.41) is 6.51. The highest BCUT2D eigenvalue weighted by molar-refractivity contribution is 6.24. The minimum absolute atomic E-state index is 0.586. The molecule has 0 aliphatic heterocycles. The molecule has 0 amide bonds. The van der Waals surface area contributed by atoms with E-state index in [0.717, 1.165) is 77.3 Å². The summed E-state index contributed by atoms with van der Waals surface area (Å²) in [6.07, 6.45) is 0. The Hall–Kier alpha value is -7.05. The summed E-state index contributed by atoms with van der Waals surface area (Å²) in [4.78, 5) is 15.2. The van der Waals surface area contributed by atoms with Gasteiger partial charge in [-0.25, -0.2) is 15.0 Å². The number of para-hydroxylation sites is 3. The van der Waals surface area contributed by atoms with Gasteiger partial charge in [0.15, 0.2) is 17.5 Å². The molecule has 0 saturated heterocycles. The van der Waals surface area contributed by atoms with Gasteiger partial charge in [-0.2, -0.15) is 0 Å². The lowest BCUT2D eigenvalue weighted by Gasteiger charge is -2.09. The van der Waals surface area contributed by atoms with E-state index in [1.165, 1.54) is 10.8 Å². The first kappa shape index (κ1) is 27.9. The molecule has 11 rings (SSSR count). The Morgan fingerprint density at radius 3 is 1.69 bits per heavy atom. The van der Waals surface area contributed by atoms with Gasteiger partial charge in [0.25, 0.3) is 0 Å². The zero-order valence-corrected chi connectivity index (χ0v) is 27.1. The molecule has 51 heavy (non-hydrogen) atoms. The molecule has 4 heterocycles. The summed E-state index contributed by atoms with van der Waals surface area (Å²) >= 11 is 0. The minimum Gasteiger partial charge on any atom is -0.456 e. The van der Waals surface area contributed by atoms with Crippen LogP contribution in [0.4, 0.5) is 0 Å². The fourth-order valence-electron chi connectivity index (χ4n) is 7.52. The van der Waals surface area contributed by atoms with Crippen LogP contribution in [0.3, 0.4) is 0 Å². The summed E-state index contributed by atoms with van der Waals surface area (Å²) < 4.78 is 15.0. The summed E-state index contributed by atoms with van der Waals surface area (Å²) in [6, 6.07) is 53.9. The lowest BCUT2D eigenvalue weighted by atomic mass is 10.1. The number of nitrogens with zero attached hydrogens (tertiary/aromatic N) is 4. The molecular weight excluding hydrogens is 629 g/mol. The van der Waals surface area contributed by atoms with Crippen molar-refractivity contribution in [2.45, 2.75) is 0 Å². The molecule has 0 atom stereocenters. The van der Waals surface area contributed by atoms with Gasteiger partial charge in [-0.1, -0.05) is 84.9 Å². The smallest absolute Gasteiger partial charge is 0.164 e. The van der Waals surface area contributed by atoms with Gasteiger partial charge in [-0.05, 0) is 72.8 Å². The van der Waals surface area contributed by atoms with E-state index in [2.05, 4.69) is 89.5 Å². The molecule has 0 spiro atoms. The first-order valence-electron chi connectivity index (χ1n) is 16.9. The summed E-state index contributed by atoms with van der Waals surface area (Å²) in [5.41, 5.74) is 9.35. The van der Waals surface area contributed by atoms with Crippen molar-refractivity contribution >= 4 is 65.7 Å². The predicted octanol–water partition coefficient (Wildman–Crippen LogP) is 11.8. The van der Waals surface area contributed by atoms with Gasteiger partial charge in [-0.3, -0.25) is 0 Å². The van der Waals surface area contributed by atoms with E-state index < -0.39 is 0 Å². The van der Waals surface area contributed by atoms with Crippen LogP contribution in [0.1, 0.15) is 0 Å². The second-order valence-corrected chi connectivity index (χ2v) is 12.8. The number of aromatic nitrogens is 4. The van der Waals surface area contributed by atoms with Crippen LogP contribution in [-0.4, -0.2) is 19.5 Å². The van der Waals surface area contributed by atoms with Gasteiger partial charge in [0.2, 0.25) is 0 Å². The average molecular weight is 655 g/mol. The highest BCUT2D eigenvalue weighted by atomic mass is 16.3. The molecule has 0 unspecified atom stereocenters. The van der Waals surface area contributed by atoms with Crippen molar-refractivity contribution in [2.24, 2.45) is 0 Å². The van der Waals surface area contributed by atoms with Crippen LogP contribution in [0.25, 0.3) is 106 Å². The maximum Gasteiger partial charge on any atom is 0.164 e. The Kier molecular flexibility index (Phi) is 5.86. The second kappa shape index (κ2) is 10.7. The Morgan fingerprint density at radius 2 is 0.922 bits per heavy atom. The molecule has 238 valence electrons. The first-order chi connectivity index (χ1) is 25.3. The van der Waals surface area contributed by atoms with Crippen LogP contribution in [0.5, 0.6) is 0 Å². The number of benzene rings is 7. The Labute approximate surface area is 290 Å². The molecule has 7 aromatic carbocycles. The monoisotopic (exact) mass is 654 g/mol. The largest absolute Gasteiger partial charge is 0.456 e. The second-order valence-electron chi connectivity index (χ2n) is 12.8. The van der Waals surface area contributed by atoms with Crippen molar-refractivity contribution < 1.29 is 8.83 Å². The van der Waals surface area contributed by atoms with E-state index in [1.807, 2.05) is 72.8 Å². The highest BCUT2D eigenvalue weighted by Crippen LogP contribution is 2.42. The van der Waals surface area contributed by atoms with Crippen molar-refractivity contribution in [1.29, 1.82) is 0 Å². The molecule has 11 aromatic rings. The van der Waals surface area contributed by atoms with Gasteiger partial charge < -0.3 is 13.4 Å². The van der Waals surface area contributed by atoms with Crippen LogP contribution in [0.2, 0.25) is 0 Å². The average Bonchev–Trinajstić information content (AvgIpc) is 3.87. The van der Waals surface area contributed by atoms with Crippen LogP contribution in [0, 0.1) is 0 Å². The summed E-state index contributed by atoms with van der Waals surface area (Å²) in [7, 11) is 0. The molecule has 0 saturated carbocycles. The maximum atomic E-state index is 6.52. The van der Waals surface area contributed by atoms with E-state index in [4.69, 9.17) is 23.8 Å². The van der Waals surface area contributed by atoms with Crippen LogP contribution >= 0.6 is 0 Å². The standard InChI is InChI=1S/C45H26N4O2/c1-3-11-27(12-4-1)43-46-44(28-19-22-38-34(25-28)32-16-8-10-18-37(32)50-38)48-45(47-43)29-20-23-39-35(26-29)41-40(51-39)24-21-33-31-15-7-9-17-36(31)49(42(33)41)30-13-5-2-6-14-30/h1-26H. The third-order valence-corrected chi connectivity index (χ3v) is 9.84. The molecule has 6 nitrogen and oxygen atoms in total. The number of rotatable bonds is 4. The van der Waals surface area contributed by atoms with Crippen molar-refractivity contribution in [2.75, 3.05) is 0 Å². The molecule has 0 bridgehead atoms. The fourth-order valence-corrected chi connectivity index (χ4v) is 7.52. The van der Waals surface area contributed by atoms with E-state index in [1.54, 1.807) is 0 Å². The van der Waals surface area contributed by atoms with Gasteiger partial charge in [0, 0.05) is 49.3 Å². The minimum atomic E-state index is 0.586. The van der Waals surface area contributed by atoms with Crippen molar-refractivity contribution in [3.63, 3.8) is 0 Å². The third kappa shape index (κ3) is 4.26. The number of hydrogen-bond donors (Lipinski definition) is 0. The normalized spacial score (nSPS) is 11.9. The van der Waals surface area contributed by atoms with Gasteiger partial charge >= 0.3 is 0 Å². The SMILES string of the molecule is c1ccc(-c2nc(-c3ccc4oc5ccccc5c4c3)nc(-c3ccc4oc5ccc6c7ccccc7n(-c7ccccc7)c6c5c4c3)n2)cc1. The molecule has 0 aliphatic rings. The molecule has 4 aromatic heterocycles. The summed E-state index contributed by atoms with van der Waals surface area (Å²) in [6.45, 7) is 0. The lowest BCUT2D eigenvalue weighted by Crippen LogP contribution is -2.00. The number of furan rings is 2. The van der Waals surface area contributed by atoms with Crippen LogP contribution < -0.4 is 0 Å². The van der Waals surface area contributed by atoms with Crippen LogP contribution in [0.15, 0.2) is 167 Å². The van der Waals surface area contributed by atoms with Crippen molar-refractivity contribution in [3.05, 3.63) is 158 Å². The van der Waals surface area contributed by atoms with Crippen molar-refractivity contribution in [3.8, 4) is 39.9 Å². The van der Waals surface area contributed by atoms with Gasteiger partial charge in [-0.15, -0.1) is 0 Å². The predicted molar refractivity (Wildman–Crippen MR) is 205 cm³/mol. The number of fused-ring (bicyclic) bond motifs is 10. The quantitative estimate of drug-likeness (QED) is 0.189. The molecule has 6 heteroatoms. The fraction of sp³-hybridized carbons (Fsp3) is 0. The van der Waals surface area contributed by atoms with Crippen LogP contribution in [-0.2, 0) is 0 Å². The van der Waals surface area contributed by atoms with E-state index in [9.17, 15) is 0 Å². The zero-order chi connectivity index (χ0) is 33.5. The summed E-state index contributed by atoms with van der Waals surface area (Å²) in [5.74, 6) is 1.79. The molecule has 0 aliphatic carbocycles. The Balaban J connectivity index is 1.17. The molecule has 0 N–H and O–H groups in total. The molecule has 0 radical (unpaired) electrons. The number of hydrogen-bond acceptors (Lipinski definition) is 5. The molecular formula is C45H26N4O2. The van der Waals surface area contributed by atoms with E-state index in [-0.39, 0.29) is 0 Å². The topological polar surface area (TPSA) is 69.9 Å². The van der Waals surface area contributed by atoms with Gasteiger partial charge in [0.1, 0.15) is 22.3 Å².